The Labute approximate surface area is 140 Å². The minimum Gasteiger partial charge on any atom is -0.744 e. The highest BCUT2D eigenvalue weighted by Crippen LogP contribution is 2.28. The van der Waals surface area contributed by atoms with E-state index in [1.807, 2.05) is 0 Å². The van der Waals surface area contributed by atoms with Crippen LogP contribution in [0.25, 0.3) is 0 Å². The van der Waals surface area contributed by atoms with Crippen molar-refractivity contribution >= 4 is 37.3 Å². The number of benzene rings is 2. The van der Waals surface area contributed by atoms with E-state index in [9.17, 15) is 25.9 Å². The second kappa shape index (κ2) is 6.49. The summed E-state index contributed by atoms with van der Waals surface area (Å²) in [5.74, 6) is 0. The quantitative estimate of drug-likeness (QED) is 0.518. The summed E-state index contributed by atoms with van der Waals surface area (Å²) < 4.78 is 66.3. The van der Waals surface area contributed by atoms with E-state index in [1.165, 1.54) is 29.6 Å². The van der Waals surface area contributed by atoms with E-state index in [0.29, 0.717) is 5.56 Å². The Balaban J connectivity index is 2.54. The molecule has 4 N–H and O–H groups in total. The first kappa shape index (κ1) is 18.4. The summed E-state index contributed by atoms with van der Waals surface area (Å²) in [7, 11) is -7.58. The Hall–Kier alpha value is -1.98. The van der Waals surface area contributed by atoms with E-state index in [4.69, 9.17) is 0 Å². The first-order valence-electron chi connectivity index (χ1n) is 6.77. The zero-order chi connectivity index (χ0) is 18.1. The minimum absolute atomic E-state index is 0.0607. The van der Waals surface area contributed by atoms with Crippen molar-refractivity contribution in [1.29, 1.82) is 0 Å². The van der Waals surface area contributed by atoms with E-state index in [2.05, 4.69) is 5.32 Å². The second-order valence-electron chi connectivity index (χ2n) is 5.10. The highest BCUT2D eigenvalue weighted by Gasteiger charge is 2.17. The first-order valence-corrected chi connectivity index (χ1v) is 9.61. The molecule has 0 amide bonds. The van der Waals surface area contributed by atoms with Crippen molar-refractivity contribution in [2.24, 2.45) is 0 Å². The number of quaternary nitrogens is 1. The van der Waals surface area contributed by atoms with Gasteiger partial charge >= 0.3 is 0 Å². The van der Waals surface area contributed by atoms with Gasteiger partial charge in [-0.15, -0.1) is 0 Å². The number of hydrogen-bond donors (Lipinski definition) is 3. The number of nitrogens with one attached hydrogen (secondary N) is 1. The van der Waals surface area contributed by atoms with E-state index < -0.39 is 25.1 Å². The fourth-order valence-corrected chi connectivity index (χ4v) is 3.65. The van der Waals surface area contributed by atoms with Crippen LogP contribution in [0.4, 0.5) is 17.1 Å². The molecule has 0 atom stereocenters. The van der Waals surface area contributed by atoms with E-state index >= 15 is 0 Å². The molecule has 2 rings (SSSR count). The van der Waals surface area contributed by atoms with Crippen LogP contribution in [0, 0.1) is 6.92 Å². The third kappa shape index (κ3) is 4.10. The molecular formula is C14H16N2O6S2. The molecule has 0 aliphatic heterocycles. The molecule has 0 saturated carbocycles. The normalized spacial score (nSPS) is 12.2. The average Bonchev–Trinajstić information content (AvgIpc) is 2.47. The topological polar surface area (TPSA) is 140 Å². The van der Waals surface area contributed by atoms with Gasteiger partial charge in [0, 0.05) is 11.8 Å². The molecule has 0 heterocycles. The Morgan fingerprint density at radius 3 is 2.25 bits per heavy atom. The summed E-state index contributed by atoms with van der Waals surface area (Å²) in [6, 6.07) is 8.37. The summed E-state index contributed by atoms with van der Waals surface area (Å²) in [5, 5.41) is 4.19. The van der Waals surface area contributed by atoms with Crippen molar-refractivity contribution in [3.05, 3.63) is 42.0 Å². The van der Waals surface area contributed by atoms with Crippen molar-refractivity contribution in [3.8, 4) is 0 Å². The number of nitrogens with two attached hydrogens (primary N) is 1. The molecule has 8 nitrogen and oxygen atoms in total. The van der Waals surface area contributed by atoms with Gasteiger partial charge in [-0.05, 0) is 36.8 Å². The molecule has 0 unspecified atom stereocenters. The third-order valence-corrected chi connectivity index (χ3v) is 5.07. The molecule has 10 heteroatoms. The minimum atomic E-state index is -4.69. The van der Waals surface area contributed by atoms with Gasteiger partial charge in [-0.25, -0.2) is 8.42 Å². The Kier molecular flexibility index (Phi) is 4.97. The maximum Gasteiger partial charge on any atom is 0.296 e. The van der Waals surface area contributed by atoms with E-state index in [1.54, 1.807) is 20.0 Å². The van der Waals surface area contributed by atoms with Gasteiger partial charge in [0.1, 0.15) is 25.6 Å². The van der Waals surface area contributed by atoms with Crippen molar-refractivity contribution in [2.45, 2.75) is 16.7 Å². The van der Waals surface area contributed by atoms with Gasteiger partial charge in [0.15, 0.2) is 0 Å². The molecule has 0 bridgehead atoms. The largest absolute Gasteiger partial charge is 0.744 e. The molecule has 0 fully saturated rings. The van der Waals surface area contributed by atoms with Crippen molar-refractivity contribution in [3.63, 3.8) is 0 Å². The Bertz CT molecular complexity index is 984. The molecule has 2 aromatic carbocycles. The van der Waals surface area contributed by atoms with Gasteiger partial charge in [0.25, 0.3) is 10.1 Å². The maximum atomic E-state index is 11.5. The van der Waals surface area contributed by atoms with Gasteiger partial charge < -0.3 is 15.2 Å². The summed E-state index contributed by atoms with van der Waals surface area (Å²) in [5.41, 5.74) is 1.12. The molecule has 24 heavy (non-hydrogen) atoms. The Morgan fingerprint density at radius 1 is 1.04 bits per heavy atom. The van der Waals surface area contributed by atoms with Gasteiger partial charge in [-0.2, -0.15) is 8.42 Å². The molecular weight excluding hydrogens is 356 g/mol. The summed E-state index contributed by atoms with van der Waals surface area (Å²) in [6.07, 6.45) is 0. The number of hydrogen-bond acceptors (Lipinski definition) is 6. The molecule has 0 radical (unpaired) electrons. The third-order valence-electron chi connectivity index (χ3n) is 3.29. The van der Waals surface area contributed by atoms with Gasteiger partial charge in [-0.1, -0.05) is 6.07 Å². The standard InChI is InChI=1S/C14H16N2O6S2/c1-9-3-5-12(13(7-9)23(17,18)19)16-10-4-6-11(15-2)14(8-10)24(20,21)22/h3-8,15-16H,1-2H3,(H,17,18,19)(H,20,21,22). The summed E-state index contributed by atoms with van der Waals surface area (Å²) >= 11 is 0. The van der Waals surface area contributed by atoms with Crippen LogP contribution in [0.1, 0.15) is 5.56 Å². The fraction of sp³-hybridized carbons (Fsp3) is 0.143. The van der Waals surface area contributed by atoms with Gasteiger partial charge in [0.05, 0.1) is 12.7 Å². The van der Waals surface area contributed by atoms with E-state index in [-0.39, 0.29) is 22.0 Å². The van der Waals surface area contributed by atoms with Crippen LogP contribution >= 0.6 is 0 Å². The zero-order valence-corrected chi connectivity index (χ0v) is 14.5. The second-order valence-corrected chi connectivity index (χ2v) is 7.83. The summed E-state index contributed by atoms with van der Waals surface area (Å²) in [4.78, 5) is -0.768. The van der Waals surface area contributed by atoms with Crippen LogP contribution in [-0.4, -0.2) is 33.0 Å². The molecule has 0 aromatic heterocycles. The number of aryl methyl sites for hydroxylation is 1. The van der Waals surface area contributed by atoms with Crippen LogP contribution in [-0.2, 0) is 20.2 Å². The lowest BCUT2D eigenvalue weighted by Crippen LogP contribution is -2.73. The first-order chi connectivity index (χ1) is 11.0. The lowest BCUT2D eigenvalue weighted by molar-refractivity contribution is -0.542. The number of anilines is 2. The van der Waals surface area contributed by atoms with Crippen molar-refractivity contribution in [1.82, 2.24) is 0 Å². The molecule has 0 saturated heterocycles. The number of rotatable bonds is 5. The highest BCUT2D eigenvalue weighted by molar-refractivity contribution is 7.86. The smallest absolute Gasteiger partial charge is 0.296 e. The van der Waals surface area contributed by atoms with E-state index in [0.717, 1.165) is 6.07 Å². The molecule has 2 aromatic rings. The summed E-state index contributed by atoms with van der Waals surface area (Å²) in [6.45, 7) is 1.66. The van der Waals surface area contributed by atoms with Crippen LogP contribution < -0.4 is 10.6 Å². The molecule has 130 valence electrons. The predicted octanol–water partition coefficient (Wildman–Crippen LogP) is 0.714. The van der Waals surface area contributed by atoms with Crippen LogP contribution in [0.3, 0.4) is 0 Å². The van der Waals surface area contributed by atoms with Crippen LogP contribution in [0.2, 0.25) is 0 Å². The van der Waals surface area contributed by atoms with Crippen molar-refractivity contribution in [2.75, 3.05) is 12.4 Å². The van der Waals surface area contributed by atoms with Crippen molar-refractivity contribution < 1.29 is 31.3 Å². The molecule has 0 aliphatic rings. The fourth-order valence-electron chi connectivity index (χ4n) is 2.17. The lowest BCUT2D eigenvalue weighted by Gasteiger charge is -2.14. The molecule has 0 spiro atoms. The zero-order valence-electron chi connectivity index (χ0n) is 12.8. The monoisotopic (exact) mass is 372 g/mol. The highest BCUT2D eigenvalue weighted by atomic mass is 32.2. The lowest BCUT2D eigenvalue weighted by atomic mass is 10.2. The molecule has 0 aliphatic carbocycles. The predicted molar refractivity (Wildman–Crippen MR) is 86.2 cm³/mol. The Morgan fingerprint density at radius 2 is 1.71 bits per heavy atom. The van der Waals surface area contributed by atoms with Gasteiger partial charge in [-0.3, -0.25) is 4.55 Å². The maximum absolute atomic E-state index is 11.5. The van der Waals surface area contributed by atoms with Crippen LogP contribution in [0.15, 0.2) is 46.2 Å². The SMILES string of the molecule is C[NH2+]c1ccc(Nc2ccc(C)cc2S(=O)(=O)O)cc1S(=O)(=O)[O-]. The van der Waals surface area contributed by atoms with Crippen LogP contribution in [0.5, 0.6) is 0 Å². The average molecular weight is 372 g/mol. The van der Waals surface area contributed by atoms with Gasteiger partial charge in [0.2, 0.25) is 0 Å².